The topological polar surface area (TPSA) is 75.4 Å². The molecule has 1 aromatic heterocycles. The number of likely N-dealkylation sites (tertiary alicyclic amines) is 1. The van der Waals surface area contributed by atoms with Crippen molar-refractivity contribution >= 4 is 28.2 Å². The molecule has 0 spiro atoms. The van der Waals surface area contributed by atoms with Crippen molar-refractivity contribution in [3.63, 3.8) is 0 Å². The molecule has 1 unspecified atom stereocenters. The number of rotatable bonds is 3. The van der Waals surface area contributed by atoms with Gasteiger partial charge in [-0.15, -0.1) is 11.3 Å². The van der Waals surface area contributed by atoms with E-state index < -0.39 is 11.7 Å². The number of carbonyl (C=O) groups is 2. The lowest BCUT2D eigenvalue weighted by molar-refractivity contribution is 0.0537. The molecule has 1 aromatic carbocycles. The van der Waals surface area contributed by atoms with Gasteiger partial charge in [0.05, 0.1) is 9.88 Å². The van der Waals surface area contributed by atoms with Crippen LogP contribution in [-0.2, 0) is 0 Å². The van der Waals surface area contributed by atoms with Gasteiger partial charge in [-0.3, -0.25) is 9.59 Å². The summed E-state index contributed by atoms with van der Waals surface area (Å²) in [5, 5.41) is 3.32. The minimum absolute atomic E-state index is 0.0382. The molecule has 5 nitrogen and oxygen atoms in total. The average molecular weight is 389 g/mol. The average Bonchev–Trinajstić information content (AvgIpc) is 2.96. The molecule has 2 amide bonds. The van der Waals surface area contributed by atoms with E-state index in [4.69, 9.17) is 5.73 Å². The lowest BCUT2D eigenvalue weighted by atomic mass is 9.79. The van der Waals surface area contributed by atoms with Crippen LogP contribution in [0.2, 0.25) is 0 Å². The number of benzene rings is 1. The summed E-state index contributed by atoms with van der Waals surface area (Å²) in [5.74, 6) is -0.907. The zero-order valence-electron chi connectivity index (χ0n) is 15.7. The zero-order chi connectivity index (χ0) is 19.8. The molecule has 27 heavy (non-hydrogen) atoms. The van der Waals surface area contributed by atoms with Gasteiger partial charge in [-0.05, 0) is 48.6 Å². The number of piperidine rings is 1. The number of nitrogens with zero attached hydrogens (tertiary/aromatic N) is 1. The largest absolute Gasteiger partial charge is 0.337 e. The Balaban J connectivity index is 1.74. The first-order valence-electron chi connectivity index (χ1n) is 8.89. The van der Waals surface area contributed by atoms with Crippen molar-refractivity contribution < 1.29 is 14.0 Å². The molecule has 0 radical (unpaired) electrons. The van der Waals surface area contributed by atoms with E-state index in [1.165, 1.54) is 29.5 Å². The molecule has 1 saturated heterocycles. The number of anilines is 1. The second-order valence-corrected chi connectivity index (χ2v) is 8.75. The number of hydrogen-bond donors (Lipinski definition) is 2. The highest BCUT2D eigenvalue weighted by atomic mass is 32.1. The fraction of sp³-hybridized carbons (Fsp3) is 0.400. The Morgan fingerprint density at radius 3 is 2.74 bits per heavy atom. The normalized spacial score (nSPS) is 19.0. The van der Waals surface area contributed by atoms with Crippen molar-refractivity contribution in [1.82, 2.24) is 4.90 Å². The summed E-state index contributed by atoms with van der Waals surface area (Å²) in [5.41, 5.74) is 7.08. The predicted molar refractivity (Wildman–Crippen MR) is 106 cm³/mol. The van der Waals surface area contributed by atoms with Crippen molar-refractivity contribution in [3.05, 3.63) is 52.2 Å². The molecule has 144 valence electrons. The van der Waals surface area contributed by atoms with Crippen molar-refractivity contribution in [2.45, 2.75) is 33.2 Å². The van der Waals surface area contributed by atoms with Crippen LogP contribution in [0, 0.1) is 18.2 Å². The van der Waals surface area contributed by atoms with Crippen molar-refractivity contribution in [2.75, 3.05) is 18.4 Å². The summed E-state index contributed by atoms with van der Waals surface area (Å²) in [6.45, 7) is 7.23. The Kier molecular flexibility index (Phi) is 5.35. The molecule has 1 fully saturated rings. The maximum absolute atomic E-state index is 13.3. The van der Waals surface area contributed by atoms with Crippen molar-refractivity contribution in [2.24, 2.45) is 11.1 Å². The van der Waals surface area contributed by atoms with Gasteiger partial charge in [0, 0.05) is 24.7 Å². The third kappa shape index (κ3) is 4.20. The fourth-order valence-corrected chi connectivity index (χ4v) is 4.30. The van der Waals surface area contributed by atoms with E-state index >= 15 is 0 Å². The van der Waals surface area contributed by atoms with Gasteiger partial charge in [0.15, 0.2) is 0 Å². The molecule has 3 N–H and O–H groups in total. The SMILES string of the molecule is Cc1cc(NC(=O)c2cccc(F)c2)sc1C(=O)N1CCC(N)C(C)(C)C1. The number of nitrogens with two attached hydrogens (primary N) is 1. The van der Waals surface area contributed by atoms with Crippen LogP contribution in [-0.4, -0.2) is 35.8 Å². The first-order valence-corrected chi connectivity index (χ1v) is 9.71. The number of aryl methyl sites for hydroxylation is 1. The number of halogens is 1. The van der Waals surface area contributed by atoms with Crippen LogP contribution >= 0.6 is 11.3 Å². The number of hydrogen-bond acceptors (Lipinski definition) is 4. The van der Waals surface area contributed by atoms with Gasteiger partial charge in [0.25, 0.3) is 11.8 Å². The van der Waals surface area contributed by atoms with E-state index in [9.17, 15) is 14.0 Å². The van der Waals surface area contributed by atoms with Crippen molar-refractivity contribution in [1.29, 1.82) is 0 Å². The van der Waals surface area contributed by atoms with E-state index in [0.717, 1.165) is 12.0 Å². The van der Waals surface area contributed by atoms with E-state index in [1.807, 2.05) is 11.8 Å². The highest BCUT2D eigenvalue weighted by Gasteiger charge is 2.36. The monoisotopic (exact) mass is 389 g/mol. The molecule has 2 heterocycles. The summed E-state index contributed by atoms with van der Waals surface area (Å²) >= 11 is 1.24. The maximum atomic E-state index is 13.3. The fourth-order valence-electron chi connectivity index (χ4n) is 3.26. The molecule has 0 bridgehead atoms. The number of carbonyl (C=O) groups excluding carboxylic acids is 2. The van der Waals surface area contributed by atoms with E-state index in [2.05, 4.69) is 19.2 Å². The Morgan fingerprint density at radius 2 is 2.07 bits per heavy atom. The van der Waals surface area contributed by atoms with Crippen LogP contribution in [0.15, 0.2) is 30.3 Å². The molecule has 1 aliphatic heterocycles. The summed E-state index contributed by atoms with van der Waals surface area (Å²) in [4.78, 5) is 27.7. The smallest absolute Gasteiger partial charge is 0.264 e. The molecule has 0 aliphatic carbocycles. The first kappa shape index (κ1) is 19.5. The van der Waals surface area contributed by atoms with Crippen LogP contribution in [0.4, 0.5) is 9.39 Å². The van der Waals surface area contributed by atoms with E-state index in [-0.39, 0.29) is 22.9 Å². The summed E-state index contributed by atoms with van der Waals surface area (Å²) in [6, 6.07) is 7.35. The Morgan fingerprint density at radius 1 is 1.33 bits per heavy atom. The second-order valence-electron chi connectivity index (χ2n) is 7.70. The molecule has 1 aliphatic rings. The van der Waals surface area contributed by atoms with Crippen molar-refractivity contribution in [3.8, 4) is 0 Å². The molecule has 3 rings (SSSR count). The van der Waals surface area contributed by atoms with Gasteiger partial charge in [0.1, 0.15) is 5.82 Å². The van der Waals surface area contributed by atoms with E-state index in [1.54, 1.807) is 12.1 Å². The van der Waals surface area contributed by atoms with Gasteiger partial charge in [-0.1, -0.05) is 19.9 Å². The predicted octanol–water partition coefficient (Wildman–Crippen LogP) is 3.65. The second kappa shape index (κ2) is 7.40. The Hall–Kier alpha value is -2.25. The molecular formula is C20H24FN3O2S. The lowest BCUT2D eigenvalue weighted by Gasteiger charge is -2.42. The molecule has 7 heteroatoms. The third-order valence-corrected chi connectivity index (χ3v) is 6.18. The zero-order valence-corrected chi connectivity index (χ0v) is 16.5. The van der Waals surface area contributed by atoms with Crippen LogP contribution in [0.25, 0.3) is 0 Å². The third-order valence-electron chi connectivity index (χ3n) is 5.03. The van der Waals surface area contributed by atoms with Gasteiger partial charge in [-0.25, -0.2) is 4.39 Å². The summed E-state index contributed by atoms with van der Waals surface area (Å²) in [6.07, 6.45) is 0.770. The molecule has 2 aromatic rings. The highest BCUT2D eigenvalue weighted by Crippen LogP contribution is 2.32. The Labute approximate surface area is 162 Å². The number of amides is 2. The van der Waals surface area contributed by atoms with Gasteiger partial charge in [0.2, 0.25) is 0 Å². The number of thiophene rings is 1. The van der Waals surface area contributed by atoms with Crippen LogP contribution in [0.5, 0.6) is 0 Å². The maximum Gasteiger partial charge on any atom is 0.264 e. The van der Waals surface area contributed by atoms with Crippen LogP contribution in [0.3, 0.4) is 0 Å². The minimum atomic E-state index is -0.466. The summed E-state index contributed by atoms with van der Waals surface area (Å²) in [7, 11) is 0. The molecular weight excluding hydrogens is 365 g/mol. The van der Waals surface area contributed by atoms with Crippen LogP contribution < -0.4 is 11.1 Å². The standard InChI is InChI=1S/C20H24FN3O2S/c1-12-9-16(23-18(25)13-5-4-6-14(21)10-13)27-17(12)19(26)24-8-7-15(22)20(2,3)11-24/h4-6,9-10,15H,7-8,11,22H2,1-3H3,(H,23,25). The van der Waals surface area contributed by atoms with Gasteiger partial charge in [-0.2, -0.15) is 0 Å². The van der Waals surface area contributed by atoms with Gasteiger partial charge >= 0.3 is 0 Å². The number of nitrogens with one attached hydrogen (secondary N) is 1. The highest BCUT2D eigenvalue weighted by molar-refractivity contribution is 7.18. The van der Waals surface area contributed by atoms with Crippen LogP contribution in [0.1, 0.15) is 45.9 Å². The molecule has 1 atom stereocenters. The first-order chi connectivity index (χ1) is 12.7. The lowest BCUT2D eigenvalue weighted by Crippen LogP contribution is -2.53. The minimum Gasteiger partial charge on any atom is -0.337 e. The Bertz CT molecular complexity index is 878. The van der Waals surface area contributed by atoms with E-state index in [0.29, 0.717) is 23.0 Å². The van der Waals surface area contributed by atoms with Gasteiger partial charge < -0.3 is 16.0 Å². The summed E-state index contributed by atoms with van der Waals surface area (Å²) < 4.78 is 13.3. The quantitative estimate of drug-likeness (QED) is 0.841. The molecule has 0 saturated carbocycles.